The highest BCUT2D eigenvalue weighted by atomic mass is 16.2. The molecule has 0 radical (unpaired) electrons. The summed E-state index contributed by atoms with van der Waals surface area (Å²) < 4.78 is 1.69. The van der Waals surface area contributed by atoms with Gasteiger partial charge in [-0.05, 0) is 24.1 Å². The maximum Gasteiger partial charge on any atom is 0.255 e. The second-order valence-electron chi connectivity index (χ2n) is 6.55. The van der Waals surface area contributed by atoms with Gasteiger partial charge in [0.1, 0.15) is 6.04 Å². The summed E-state index contributed by atoms with van der Waals surface area (Å²) in [5.74, 6) is -0.556. The first-order valence-corrected chi connectivity index (χ1v) is 9.30. The molecule has 6 nitrogen and oxygen atoms in total. The highest BCUT2D eigenvalue weighted by Crippen LogP contribution is 2.12. The summed E-state index contributed by atoms with van der Waals surface area (Å²) in [6.45, 7) is 1.97. The molecular formula is C22H24N4O2. The van der Waals surface area contributed by atoms with Crippen LogP contribution in [0.15, 0.2) is 66.9 Å². The van der Waals surface area contributed by atoms with Gasteiger partial charge >= 0.3 is 0 Å². The van der Waals surface area contributed by atoms with Gasteiger partial charge in [-0.3, -0.25) is 14.3 Å². The molecule has 0 aliphatic carbocycles. The minimum Gasteiger partial charge on any atom is -0.340 e. The van der Waals surface area contributed by atoms with Crippen LogP contribution in [0.5, 0.6) is 0 Å². The van der Waals surface area contributed by atoms with Crippen molar-refractivity contribution in [3.8, 4) is 0 Å². The number of aromatic nitrogens is 2. The average molecular weight is 376 g/mol. The lowest BCUT2D eigenvalue weighted by Crippen LogP contribution is -2.45. The minimum atomic E-state index is -0.708. The van der Waals surface area contributed by atoms with Crippen molar-refractivity contribution in [2.75, 3.05) is 5.32 Å². The van der Waals surface area contributed by atoms with Crippen molar-refractivity contribution in [1.82, 2.24) is 15.1 Å². The van der Waals surface area contributed by atoms with Crippen molar-refractivity contribution in [2.24, 2.45) is 7.05 Å². The van der Waals surface area contributed by atoms with Crippen molar-refractivity contribution in [3.63, 3.8) is 0 Å². The third kappa shape index (κ3) is 4.65. The summed E-state index contributed by atoms with van der Waals surface area (Å²) in [7, 11) is 1.80. The Morgan fingerprint density at radius 2 is 1.68 bits per heavy atom. The van der Waals surface area contributed by atoms with E-state index in [-0.39, 0.29) is 11.8 Å². The van der Waals surface area contributed by atoms with E-state index in [0.717, 1.165) is 11.3 Å². The van der Waals surface area contributed by atoms with Gasteiger partial charge in [0.15, 0.2) is 0 Å². The molecule has 144 valence electrons. The first kappa shape index (κ1) is 19.4. The number of rotatable bonds is 7. The van der Waals surface area contributed by atoms with Gasteiger partial charge in [-0.15, -0.1) is 0 Å². The Balaban J connectivity index is 1.80. The van der Waals surface area contributed by atoms with Gasteiger partial charge in [-0.25, -0.2) is 0 Å². The predicted octanol–water partition coefficient (Wildman–Crippen LogP) is 2.96. The fourth-order valence-electron chi connectivity index (χ4n) is 3.12. The number of hydrogen-bond acceptors (Lipinski definition) is 3. The molecule has 6 heteroatoms. The molecule has 0 aliphatic rings. The number of aryl methyl sites for hydroxylation is 1. The number of carbonyl (C=O) groups is 2. The molecule has 0 fully saturated rings. The van der Waals surface area contributed by atoms with Gasteiger partial charge < -0.3 is 10.6 Å². The van der Waals surface area contributed by atoms with E-state index in [1.54, 1.807) is 17.9 Å². The van der Waals surface area contributed by atoms with Crippen molar-refractivity contribution < 1.29 is 9.59 Å². The molecule has 1 atom stereocenters. The fraction of sp³-hybridized carbons (Fsp3) is 0.227. The van der Waals surface area contributed by atoms with Gasteiger partial charge in [-0.1, -0.05) is 55.5 Å². The van der Waals surface area contributed by atoms with Gasteiger partial charge in [0, 0.05) is 19.2 Å². The van der Waals surface area contributed by atoms with E-state index in [9.17, 15) is 9.59 Å². The smallest absolute Gasteiger partial charge is 0.255 e. The number of nitrogens with zero attached hydrogens (tertiary/aromatic N) is 2. The third-order valence-electron chi connectivity index (χ3n) is 4.59. The zero-order valence-electron chi connectivity index (χ0n) is 16.1. The van der Waals surface area contributed by atoms with E-state index in [2.05, 4.69) is 15.7 Å². The molecule has 0 aliphatic heterocycles. The average Bonchev–Trinajstić information content (AvgIpc) is 3.09. The number of anilines is 1. The molecule has 1 heterocycles. The zero-order valence-corrected chi connectivity index (χ0v) is 16.1. The molecule has 2 N–H and O–H groups in total. The van der Waals surface area contributed by atoms with Crippen LogP contribution >= 0.6 is 0 Å². The van der Waals surface area contributed by atoms with Crippen LogP contribution in [0.2, 0.25) is 0 Å². The SMILES string of the molecule is CCc1c(C(=O)NC(Cc2ccccc2)C(=O)Nc2ccccc2)cnn1C. The lowest BCUT2D eigenvalue weighted by Gasteiger charge is -2.19. The molecule has 3 rings (SSSR count). The zero-order chi connectivity index (χ0) is 19.9. The molecule has 0 saturated carbocycles. The molecule has 3 aromatic rings. The van der Waals surface area contributed by atoms with Crippen LogP contribution in [-0.4, -0.2) is 27.6 Å². The number of hydrogen-bond donors (Lipinski definition) is 2. The first-order chi connectivity index (χ1) is 13.6. The first-order valence-electron chi connectivity index (χ1n) is 9.30. The Kier molecular flexibility index (Phi) is 6.22. The van der Waals surface area contributed by atoms with Gasteiger partial charge in [0.05, 0.1) is 17.5 Å². The Hall–Kier alpha value is -3.41. The summed E-state index contributed by atoms with van der Waals surface area (Å²) in [5, 5.41) is 9.93. The van der Waals surface area contributed by atoms with Crippen LogP contribution in [0.1, 0.15) is 28.5 Å². The summed E-state index contributed by atoms with van der Waals surface area (Å²) in [4.78, 5) is 25.7. The largest absolute Gasteiger partial charge is 0.340 e. The summed E-state index contributed by atoms with van der Waals surface area (Å²) in [6.07, 6.45) is 2.62. The molecule has 0 spiro atoms. The summed E-state index contributed by atoms with van der Waals surface area (Å²) in [6, 6.07) is 18.1. The van der Waals surface area contributed by atoms with Crippen LogP contribution in [0, 0.1) is 0 Å². The van der Waals surface area contributed by atoms with E-state index < -0.39 is 6.04 Å². The van der Waals surface area contributed by atoms with Crippen molar-refractivity contribution in [1.29, 1.82) is 0 Å². The van der Waals surface area contributed by atoms with Crippen LogP contribution in [0.4, 0.5) is 5.69 Å². The van der Waals surface area contributed by atoms with Crippen LogP contribution in [0.3, 0.4) is 0 Å². The third-order valence-corrected chi connectivity index (χ3v) is 4.59. The van der Waals surface area contributed by atoms with E-state index >= 15 is 0 Å². The van der Waals surface area contributed by atoms with E-state index in [1.807, 2.05) is 67.6 Å². The van der Waals surface area contributed by atoms with Gasteiger partial charge in [0.2, 0.25) is 5.91 Å². The quantitative estimate of drug-likeness (QED) is 0.666. The van der Waals surface area contributed by atoms with E-state index in [0.29, 0.717) is 24.1 Å². The molecule has 2 amide bonds. The fourth-order valence-corrected chi connectivity index (χ4v) is 3.12. The van der Waals surface area contributed by atoms with Gasteiger partial charge in [0.25, 0.3) is 5.91 Å². The van der Waals surface area contributed by atoms with Crippen molar-refractivity contribution in [2.45, 2.75) is 25.8 Å². The van der Waals surface area contributed by atoms with E-state index in [4.69, 9.17) is 0 Å². The highest BCUT2D eigenvalue weighted by Gasteiger charge is 2.24. The molecular weight excluding hydrogens is 352 g/mol. The molecule has 2 aromatic carbocycles. The van der Waals surface area contributed by atoms with Gasteiger partial charge in [-0.2, -0.15) is 5.10 Å². The topological polar surface area (TPSA) is 76.0 Å². The normalized spacial score (nSPS) is 11.6. The summed E-state index contributed by atoms with van der Waals surface area (Å²) in [5.41, 5.74) is 2.99. The standard InChI is InChI=1S/C22H24N4O2/c1-3-20-18(15-23-26(20)2)21(27)25-19(14-16-10-6-4-7-11-16)22(28)24-17-12-8-5-9-13-17/h4-13,15,19H,3,14H2,1-2H3,(H,24,28)(H,25,27). The number of carbonyl (C=O) groups excluding carboxylic acids is 2. The number of amides is 2. The maximum absolute atomic E-state index is 12.9. The van der Waals surface area contributed by atoms with Crippen LogP contribution in [0.25, 0.3) is 0 Å². The minimum absolute atomic E-state index is 0.259. The molecule has 1 aromatic heterocycles. The second kappa shape index (κ2) is 8.99. The second-order valence-corrected chi connectivity index (χ2v) is 6.55. The summed E-state index contributed by atoms with van der Waals surface area (Å²) >= 11 is 0. The van der Waals surface area contributed by atoms with E-state index in [1.165, 1.54) is 0 Å². The van der Waals surface area contributed by atoms with Crippen molar-refractivity contribution in [3.05, 3.63) is 83.7 Å². The maximum atomic E-state index is 12.9. The highest BCUT2D eigenvalue weighted by molar-refractivity contribution is 6.01. The lowest BCUT2D eigenvalue weighted by atomic mass is 10.0. The Labute approximate surface area is 164 Å². The lowest BCUT2D eigenvalue weighted by molar-refractivity contribution is -0.118. The molecule has 0 saturated heterocycles. The van der Waals surface area contributed by atoms with Crippen LogP contribution < -0.4 is 10.6 Å². The Morgan fingerprint density at radius 1 is 1.04 bits per heavy atom. The monoisotopic (exact) mass is 376 g/mol. The van der Waals surface area contributed by atoms with Crippen molar-refractivity contribution >= 4 is 17.5 Å². The Morgan fingerprint density at radius 3 is 2.32 bits per heavy atom. The number of para-hydroxylation sites is 1. The molecule has 28 heavy (non-hydrogen) atoms. The Bertz CT molecular complexity index is 936. The predicted molar refractivity (Wildman–Crippen MR) is 109 cm³/mol. The molecule has 0 bridgehead atoms. The number of benzene rings is 2. The molecule has 1 unspecified atom stereocenters. The van der Waals surface area contributed by atoms with Crippen LogP contribution in [-0.2, 0) is 24.7 Å². The number of nitrogens with one attached hydrogen (secondary N) is 2.